The molecular weight excluding hydrogens is 254 g/mol. The zero-order valence-electron chi connectivity index (χ0n) is 14.6. The van der Waals surface area contributed by atoms with Gasteiger partial charge >= 0.3 is 0 Å². The Labute approximate surface area is 132 Å². The fraction of sp³-hybridized carbons (Fsp3) is 0.700. The molecule has 2 unspecified atom stereocenters. The lowest BCUT2D eigenvalue weighted by molar-refractivity contribution is 0.323. The van der Waals surface area contributed by atoms with Crippen molar-refractivity contribution in [1.29, 1.82) is 0 Å². The van der Waals surface area contributed by atoms with Crippen LogP contribution in [-0.2, 0) is 6.42 Å². The number of aryl methyl sites for hydroxylation is 1. The third-order valence-corrected chi connectivity index (χ3v) is 4.42. The Morgan fingerprint density at radius 1 is 0.905 bits per heavy atom. The van der Waals surface area contributed by atoms with E-state index < -0.39 is 0 Å². The highest BCUT2D eigenvalue weighted by Gasteiger charge is 2.20. The van der Waals surface area contributed by atoms with Crippen LogP contribution in [0.25, 0.3) is 0 Å². The van der Waals surface area contributed by atoms with E-state index in [9.17, 15) is 0 Å². The molecule has 0 saturated heterocycles. The van der Waals surface area contributed by atoms with Crippen LogP contribution in [-0.4, -0.2) is 6.54 Å². The lowest BCUT2D eigenvalue weighted by Gasteiger charge is -2.28. The first-order valence-electron chi connectivity index (χ1n) is 9.08. The van der Waals surface area contributed by atoms with Crippen LogP contribution in [0.5, 0.6) is 0 Å². The van der Waals surface area contributed by atoms with Crippen LogP contribution in [0.1, 0.15) is 83.4 Å². The summed E-state index contributed by atoms with van der Waals surface area (Å²) in [5, 5.41) is 3.80. The number of hydrogen-bond donors (Lipinski definition) is 1. The zero-order chi connectivity index (χ0) is 15.5. The Morgan fingerprint density at radius 3 is 2.14 bits per heavy atom. The van der Waals surface area contributed by atoms with Crippen molar-refractivity contribution >= 4 is 0 Å². The molecule has 0 heterocycles. The van der Waals surface area contributed by atoms with E-state index in [1.807, 2.05) is 0 Å². The van der Waals surface area contributed by atoms with Crippen molar-refractivity contribution in [1.82, 2.24) is 5.32 Å². The molecule has 1 aromatic carbocycles. The number of benzene rings is 1. The maximum Gasteiger partial charge on any atom is 0.0348 e. The van der Waals surface area contributed by atoms with Gasteiger partial charge < -0.3 is 5.32 Å². The second-order valence-electron chi connectivity index (χ2n) is 6.23. The summed E-state index contributed by atoms with van der Waals surface area (Å²) in [7, 11) is 0. The van der Waals surface area contributed by atoms with Crippen LogP contribution in [0.3, 0.4) is 0 Å². The topological polar surface area (TPSA) is 12.0 Å². The normalized spacial score (nSPS) is 14.1. The molecule has 0 spiro atoms. The summed E-state index contributed by atoms with van der Waals surface area (Å²) in [6.07, 6.45) is 8.87. The van der Waals surface area contributed by atoms with E-state index in [1.54, 1.807) is 0 Å². The number of nitrogens with one attached hydrogen (secondary N) is 1. The van der Waals surface area contributed by atoms with E-state index in [4.69, 9.17) is 0 Å². The second-order valence-corrected chi connectivity index (χ2v) is 6.23. The highest BCUT2D eigenvalue weighted by molar-refractivity contribution is 5.25. The molecule has 1 N–H and O–H groups in total. The summed E-state index contributed by atoms with van der Waals surface area (Å²) in [5.41, 5.74) is 2.95. The lowest BCUT2D eigenvalue weighted by atomic mass is 9.86. The second kappa shape index (κ2) is 10.8. The zero-order valence-corrected chi connectivity index (χ0v) is 14.6. The third kappa shape index (κ3) is 6.22. The molecule has 0 aromatic heterocycles. The standard InChI is InChI=1S/C20H35N/c1-5-9-11-18(8-4)20(21-16-7-3)19-14-12-17(10-6-2)13-15-19/h12-15,18,20-21H,5-11,16H2,1-4H3. The largest absolute Gasteiger partial charge is 0.310 e. The third-order valence-electron chi connectivity index (χ3n) is 4.42. The lowest BCUT2D eigenvalue weighted by Crippen LogP contribution is -2.29. The Hall–Kier alpha value is -0.820. The number of hydrogen-bond acceptors (Lipinski definition) is 1. The Kier molecular flexibility index (Phi) is 9.41. The van der Waals surface area contributed by atoms with Crippen LogP contribution in [0.2, 0.25) is 0 Å². The van der Waals surface area contributed by atoms with Gasteiger partial charge in [-0.05, 0) is 42.9 Å². The minimum Gasteiger partial charge on any atom is -0.310 e. The monoisotopic (exact) mass is 289 g/mol. The van der Waals surface area contributed by atoms with E-state index in [0.29, 0.717) is 6.04 Å². The van der Waals surface area contributed by atoms with E-state index >= 15 is 0 Å². The molecule has 120 valence electrons. The molecule has 0 aliphatic carbocycles. The molecule has 0 aliphatic rings. The van der Waals surface area contributed by atoms with Crippen molar-refractivity contribution < 1.29 is 0 Å². The SMILES string of the molecule is CCCCC(CC)C(NCCC)c1ccc(CCC)cc1. The number of rotatable bonds is 11. The predicted octanol–water partition coefficient (Wildman–Crippen LogP) is 5.90. The van der Waals surface area contributed by atoms with Crippen LogP contribution in [0.15, 0.2) is 24.3 Å². The Balaban J connectivity index is 2.83. The van der Waals surface area contributed by atoms with Crippen LogP contribution in [0, 0.1) is 5.92 Å². The van der Waals surface area contributed by atoms with Crippen molar-refractivity contribution in [3.8, 4) is 0 Å². The molecule has 2 atom stereocenters. The quantitative estimate of drug-likeness (QED) is 0.535. The maximum atomic E-state index is 3.80. The minimum absolute atomic E-state index is 0.525. The van der Waals surface area contributed by atoms with Gasteiger partial charge in [0.2, 0.25) is 0 Å². The molecule has 1 rings (SSSR count). The van der Waals surface area contributed by atoms with Gasteiger partial charge in [0.1, 0.15) is 0 Å². The summed E-state index contributed by atoms with van der Waals surface area (Å²) < 4.78 is 0. The van der Waals surface area contributed by atoms with Gasteiger partial charge in [0.15, 0.2) is 0 Å². The van der Waals surface area contributed by atoms with Gasteiger partial charge in [0.25, 0.3) is 0 Å². The molecule has 0 saturated carbocycles. The van der Waals surface area contributed by atoms with E-state index in [1.165, 1.54) is 56.1 Å². The van der Waals surface area contributed by atoms with E-state index in [0.717, 1.165) is 12.5 Å². The number of unbranched alkanes of at least 4 members (excludes halogenated alkanes) is 1. The van der Waals surface area contributed by atoms with Crippen LogP contribution in [0.4, 0.5) is 0 Å². The molecule has 0 radical (unpaired) electrons. The van der Waals surface area contributed by atoms with E-state index in [-0.39, 0.29) is 0 Å². The highest BCUT2D eigenvalue weighted by atomic mass is 14.9. The van der Waals surface area contributed by atoms with Gasteiger partial charge in [-0.1, -0.05) is 77.6 Å². The molecule has 1 aromatic rings. The summed E-state index contributed by atoms with van der Waals surface area (Å²) in [5.74, 6) is 0.758. The molecule has 0 bridgehead atoms. The fourth-order valence-corrected chi connectivity index (χ4v) is 3.11. The highest BCUT2D eigenvalue weighted by Crippen LogP contribution is 2.29. The average Bonchev–Trinajstić information content (AvgIpc) is 2.52. The Bertz CT molecular complexity index is 355. The summed E-state index contributed by atoms with van der Waals surface area (Å²) in [4.78, 5) is 0. The molecule has 0 fully saturated rings. The first kappa shape index (κ1) is 18.2. The molecular formula is C20H35N. The van der Waals surface area contributed by atoms with Crippen molar-refractivity contribution in [3.05, 3.63) is 35.4 Å². The minimum atomic E-state index is 0.525. The molecule has 21 heavy (non-hydrogen) atoms. The smallest absolute Gasteiger partial charge is 0.0348 e. The summed E-state index contributed by atoms with van der Waals surface area (Å²) >= 11 is 0. The first-order valence-corrected chi connectivity index (χ1v) is 9.08. The van der Waals surface area contributed by atoms with Gasteiger partial charge in [-0.25, -0.2) is 0 Å². The predicted molar refractivity (Wildman–Crippen MR) is 94.8 cm³/mol. The molecule has 1 nitrogen and oxygen atoms in total. The van der Waals surface area contributed by atoms with Crippen molar-refractivity contribution in [3.63, 3.8) is 0 Å². The van der Waals surface area contributed by atoms with Gasteiger partial charge in [0, 0.05) is 6.04 Å². The molecule has 1 heteroatoms. The van der Waals surface area contributed by atoms with Crippen molar-refractivity contribution in [2.45, 2.75) is 78.7 Å². The summed E-state index contributed by atoms with van der Waals surface area (Å²) in [6.45, 7) is 10.2. The van der Waals surface area contributed by atoms with Crippen LogP contribution < -0.4 is 5.32 Å². The average molecular weight is 290 g/mol. The van der Waals surface area contributed by atoms with Gasteiger partial charge in [-0.3, -0.25) is 0 Å². The molecule has 0 aliphatic heterocycles. The van der Waals surface area contributed by atoms with Gasteiger partial charge in [0.05, 0.1) is 0 Å². The summed E-state index contributed by atoms with van der Waals surface area (Å²) in [6, 6.07) is 9.88. The van der Waals surface area contributed by atoms with Crippen molar-refractivity contribution in [2.75, 3.05) is 6.54 Å². The van der Waals surface area contributed by atoms with Crippen LogP contribution >= 0.6 is 0 Å². The first-order chi connectivity index (χ1) is 10.3. The van der Waals surface area contributed by atoms with E-state index in [2.05, 4.69) is 57.3 Å². The maximum absolute atomic E-state index is 3.80. The molecule has 0 amide bonds. The van der Waals surface area contributed by atoms with Crippen molar-refractivity contribution in [2.24, 2.45) is 5.92 Å². The fourth-order valence-electron chi connectivity index (χ4n) is 3.11. The van der Waals surface area contributed by atoms with Gasteiger partial charge in [-0.15, -0.1) is 0 Å². The van der Waals surface area contributed by atoms with Gasteiger partial charge in [-0.2, -0.15) is 0 Å². The Morgan fingerprint density at radius 2 is 1.62 bits per heavy atom.